The summed E-state index contributed by atoms with van der Waals surface area (Å²) in [4.78, 5) is 56.6. The molecule has 4 rings (SSSR count). The Bertz CT molecular complexity index is 1550. The highest BCUT2D eigenvalue weighted by Gasteiger charge is 2.43. The van der Waals surface area contributed by atoms with Crippen molar-refractivity contribution in [3.63, 3.8) is 0 Å². The molecule has 5 nitrogen and oxygen atoms in total. The Morgan fingerprint density at radius 1 is 0.569 bits per heavy atom. The van der Waals surface area contributed by atoms with Crippen molar-refractivity contribution < 1.29 is 24.0 Å². The molecule has 0 radical (unpaired) electrons. The fourth-order valence-electron chi connectivity index (χ4n) is 8.85. The van der Waals surface area contributed by atoms with Gasteiger partial charge in [-0.25, -0.2) is 0 Å². The molecule has 0 bridgehead atoms. The van der Waals surface area contributed by atoms with E-state index in [4.69, 9.17) is 0 Å². The van der Waals surface area contributed by atoms with Crippen LogP contribution in [0.5, 0.6) is 0 Å². The van der Waals surface area contributed by atoms with Crippen molar-refractivity contribution in [2.75, 3.05) is 0 Å². The van der Waals surface area contributed by atoms with E-state index in [9.17, 15) is 24.0 Å². The van der Waals surface area contributed by atoms with Gasteiger partial charge in [-0.2, -0.15) is 0 Å². The van der Waals surface area contributed by atoms with E-state index in [1.165, 1.54) is 22.3 Å². The van der Waals surface area contributed by atoms with E-state index in [1.54, 1.807) is 6.92 Å². The molecule has 0 N–H and O–H groups in total. The van der Waals surface area contributed by atoms with Gasteiger partial charge in [0.15, 0.2) is 23.1 Å². The van der Waals surface area contributed by atoms with Crippen LogP contribution in [0.1, 0.15) is 216 Å². The smallest absolute Gasteiger partial charge is 0.159 e. The van der Waals surface area contributed by atoms with Crippen LogP contribution >= 0.6 is 0 Å². The summed E-state index contributed by atoms with van der Waals surface area (Å²) in [5.41, 5.74) is 8.16. The molecule has 0 heterocycles. The third-order valence-electron chi connectivity index (χ3n) is 16.2. The van der Waals surface area contributed by atoms with Crippen molar-refractivity contribution in [1.29, 1.82) is 0 Å². The average molecular weight is 807 g/mol. The molecular weight excluding hydrogens is 717 g/mol. The summed E-state index contributed by atoms with van der Waals surface area (Å²) in [5.74, 6) is 3.10. The van der Waals surface area contributed by atoms with E-state index in [-0.39, 0.29) is 39.3 Å². The predicted octanol–water partition coefficient (Wildman–Crippen LogP) is 14.8. The first-order chi connectivity index (χ1) is 26.7. The van der Waals surface area contributed by atoms with E-state index >= 15 is 0 Å². The maximum absolute atomic E-state index is 11.8. The first-order valence-electron chi connectivity index (χ1n) is 23.1. The lowest BCUT2D eigenvalue weighted by atomic mass is 9.60. The van der Waals surface area contributed by atoms with Crippen LogP contribution in [0.3, 0.4) is 0 Å². The first kappa shape index (κ1) is 55.3. The molecule has 8 atom stereocenters. The number of carbonyl (C=O) groups excluding carboxylic acids is 5. The third-order valence-corrected chi connectivity index (χ3v) is 16.2. The van der Waals surface area contributed by atoms with Gasteiger partial charge >= 0.3 is 0 Å². The molecule has 0 aromatic carbocycles. The standard InChI is InChI=1S/C13H22O.3C12H20O.C4H8O/c1-6-11-8-12(14)10(4)13(5,7-2)9(11)3;1-6-12(5)7-11(13)9(3)8(2)10(12)4;1-5-10-7-12(4,6-2)8-11(13)9(10)3;1-5-10-7-11(13)9(3)12(4,6-2)8-10;1-3-4(2)5/h8-10H,6-7H2,1-5H3;10H,6-7H2,1-5H3;5-8H2,1-4H3;7,9H,5-6,8H2,1-4H3;3H2,1-2H3. The number of Topliss-reactive ketones (excluding diaryl/α,β-unsaturated/α-hetero) is 3. The molecule has 0 aliphatic heterocycles. The quantitative estimate of drug-likeness (QED) is 0.244. The zero-order valence-electron chi connectivity index (χ0n) is 41.5. The van der Waals surface area contributed by atoms with Gasteiger partial charge in [-0.15, -0.1) is 0 Å². The summed E-state index contributed by atoms with van der Waals surface area (Å²) < 4.78 is 0. The summed E-state index contributed by atoms with van der Waals surface area (Å²) in [6, 6.07) is 0. The Morgan fingerprint density at radius 3 is 1.47 bits per heavy atom. The number of rotatable bonds is 8. The molecule has 0 saturated heterocycles. The lowest BCUT2D eigenvalue weighted by Gasteiger charge is -2.43. The minimum atomic E-state index is 0.164. The van der Waals surface area contributed by atoms with Crippen LogP contribution in [-0.4, -0.2) is 28.9 Å². The van der Waals surface area contributed by atoms with Crippen LogP contribution in [0.15, 0.2) is 45.6 Å². The molecule has 0 saturated carbocycles. The van der Waals surface area contributed by atoms with Gasteiger partial charge in [-0.1, -0.05) is 133 Å². The summed E-state index contributed by atoms with van der Waals surface area (Å²) in [5, 5.41) is 0. The van der Waals surface area contributed by atoms with E-state index in [0.29, 0.717) is 41.4 Å². The lowest BCUT2D eigenvalue weighted by Crippen LogP contribution is -2.40. The van der Waals surface area contributed by atoms with Crippen molar-refractivity contribution in [1.82, 2.24) is 0 Å². The second kappa shape index (κ2) is 23.9. The van der Waals surface area contributed by atoms with Crippen LogP contribution in [0, 0.1) is 45.3 Å². The van der Waals surface area contributed by atoms with Crippen LogP contribution in [-0.2, 0) is 24.0 Å². The van der Waals surface area contributed by atoms with Crippen LogP contribution in [0.2, 0.25) is 0 Å². The van der Waals surface area contributed by atoms with E-state index in [1.807, 2.05) is 32.9 Å². The average Bonchev–Trinajstić information content (AvgIpc) is 3.20. The first-order valence-corrected chi connectivity index (χ1v) is 23.1. The third kappa shape index (κ3) is 14.2. The fraction of sp³-hybridized carbons (Fsp3) is 0.755. The maximum atomic E-state index is 11.8. The van der Waals surface area contributed by atoms with Gasteiger partial charge in [0.05, 0.1) is 0 Å². The van der Waals surface area contributed by atoms with Crippen LogP contribution in [0.4, 0.5) is 0 Å². The number of ketones is 5. The molecule has 0 fully saturated rings. The Kier molecular flexibility index (Phi) is 22.8. The maximum Gasteiger partial charge on any atom is 0.159 e. The molecule has 4 aliphatic carbocycles. The minimum absolute atomic E-state index is 0.164. The fourth-order valence-corrected chi connectivity index (χ4v) is 8.85. The molecule has 0 spiro atoms. The van der Waals surface area contributed by atoms with Crippen LogP contribution < -0.4 is 0 Å². The summed E-state index contributed by atoms with van der Waals surface area (Å²) >= 11 is 0. The Labute approximate surface area is 358 Å². The highest BCUT2D eigenvalue weighted by molar-refractivity contribution is 5.97. The van der Waals surface area contributed by atoms with Gasteiger partial charge in [0.2, 0.25) is 0 Å². The SMILES string of the molecule is CCC(C)=O.CCC1(C)CC(=O)C(C)=C(C)C1C.CCC1=C(C)C(=O)CC(C)(CC)C1.CCC1=CC(=O)C(C)C(C)(CC)C1.CCC1=CC(=O)C(C)C(C)(CC)C1C. The molecule has 5 heteroatoms. The van der Waals surface area contributed by atoms with E-state index < -0.39 is 0 Å². The van der Waals surface area contributed by atoms with Gasteiger partial charge in [-0.3, -0.25) is 19.2 Å². The topological polar surface area (TPSA) is 85.3 Å². The molecule has 0 amide bonds. The summed E-state index contributed by atoms with van der Waals surface area (Å²) in [6.45, 7) is 42.2. The van der Waals surface area contributed by atoms with Crippen LogP contribution in [0.25, 0.3) is 0 Å². The molecule has 0 aromatic heterocycles. The number of hydrogen-bond acceptors (Lipinski definition) is 5. The Balaban J connectivity index is 0.000000718. The zero-order valence-corrected chi connectivity index (χ0v) is 41.5. The summed E-state index contributed by atoms with van der Waals surface area (Å²) in [7, 11) is 0. The summed E-state index contributed by atoms with van der Waals surface area (Å²) in [6.07, 6.45) is 15.6. The van der Waals surface area contributed by atoms with Gasteiger partial charge < -0.3 is 4.79 Å². The van der Waals surface area contributed by atoms with E-state index in [2.05, 4.69) is 111 Å². The highest BCUT2D eigenvalue weighted by Crippen LogP contribution is 2.47. The van der Waals surface area contributed by atoms with Gasteiger partial charge in [-0.05, 0) is 142 Å². The van der Waals surface area contributed by atoms with Gasteiger partial charge in [0.1, 0.15) is 5.78 Å². The normalized spacial score (nSPS) is 32.3. The number of carbonyl (C=O) groups is 5. The second-order valence-electron chi connectivity index (χ2n) is 19.5. The van der Waals surface area contributed by atoms with Crippen molar-refractivity contribution in [2.45, 2.75) is 216 Å². The molecule has 8 unspecified atom stereocenters. The molecule has 0 aromatic rings. The largest absolute Gasteiger partial charge is 0.300 e. The Hall–Kier alpha value is -2.69. The minimum Gasteiger partial charge on any atom is -0.300 e. The molecule has 332 valence electrons. The monoisotopic (exact) mass is 807 g/mol. The number of hydrogen-bond donors (Lipinski definition) is 0. The van der Waals surface area contributed by atoms with Gasteiger partial charge in [0.25, 0.3) is 0 Å². The Morgan fingerprint density at radius 2 is 1.05 bits per heavy atom. The van der Waals surface area contributed by atoms with Crippen molar-refractivity contribution in [3.05, 3.63) is 45.6 Å². The van der Waals surface area contributed by atoms with Crippen molar-refractivity contribution in [2.24, 2.45) is 45.3 Å². The molecular formula is C53H90O5. The van der Waals surface area contributed by atoms with Crippen molar-refractivity contribution >= 4 is 28.9 Å². The predicted molar refractivity (Wildman–Crippen MR) is 248 cm³/mol. The number of allylic oxidation sites excluding steroid dienone is 8. The second-order valence-corrected chi connectivity index (χ2v) is 19.5. The lowest BCUT2D eigenvalue weighted by molar-refractivity contribution is -0.124. The highest BCUT2D eigenvalue weighted by atomic mass is 16.1. The van der Waals surface area contributed by atoms with Crippen molar-refractivity contribution in [3.8, 4) is 0 Å². The zero-order chi connectivity index (χ0) is 45.6. The van der Waals surface area contributed by atoms with Gasteiger partial charge in [0, 0.05) is 31.1 Å². The van der Waals surface area contributed by atoms with E-state index in [0.717, 1.165) is 81.8 Å². The molecule has 58 heavy (non-hydrogen) atoms. The molecule has 4 aliphatic rings.